The third-order valence-corrected chi connectivity index (χ3v) is 4.70. The molecule has 19 heavy (non-hydrogen) atoms. The maximum Gasteiger partial charge on any atom is 0.249 e. The average Bonchev–Trinajstić information content (AvgIpc) is 2.81. The van der Waals surface area contributed by atoms with Gasteiger partial charge in [0.15, 0.2) is 0 Å². The zero-order valence-electron chi connectivity index (χ0n) is 11.0. The molecule has 2 atom stereocenters. The second-order valence-electron chi connectivity index (χ2n) is 6.19. The van der Waals surface area contributed by atoms with Crippen molar-refractivity contribution in [1.82, 2.24) is 4.90 Å². The molecule has 3 fully saturated rings. The topological polar surface area (TPSA) is 38.8 Å². The van der Waals surface area contributed by atoms with Gasteiger partial charge in [0.1, 0.15) is 0 Å². The second-order valence-corrected chi connectivity index (χ2v) is 6.19. The molecule has 2 aliphatic heterocycles. The lowest BCUT2D eigenvalue weighted by atomic mass is 9.80. The molecule has 2 heterocycles. The van der Waals surface area contributed by atoms with E-state index in [0.717, 1.165) is 0 Å². The van der Waals surface area contributed by atoms with Gasteiger partial charge >= 0.3 is 0 Å². The van der Waals surface area contributed by atoms with Gasteiger partial charge < -0.3 is 14.4 Å². The van der Waals surface area contributed by atoms with E-state index in [2.05, 4.69) is 0 Å². The number of ether oxygens (including phenoxy) is 2. The van der Waals surface area contributed by atoms with Crippen molar-refractivity contribution in [2.45, 2.75) is 18.8 Å². The Balaban J connectivity index is 1.64. The highest BCUT2D eigenvalue weighted by Gasteiger charge is 2.55. The van der Waals surface area contributed by atoms with Gasteiger partial charge in [0.05, 0.1) is 19.8 Å². The van der Waals surface area contributed by atoms with E-state index in [1.165, 1.54) is 0 Å². The van der Waals surface area contributed by atoms with Crippen LogP contribution in [0.4, 0.5) is 8.78 Å². The summed E-state index contributed by atoms with van der Waals surface area (Å²) in [6.45, 7) is 2.98. The summed E-state index contributed by atoms with van der Waals surface area (Å²) < 4.78 is 36.4. The van der Waals surface area contributed by atoms with Crippen molar-refractivity contribution in [2.24, 2.45) is 17.3 Å². The molecule has 1 amide bonds. The van der Waals surface area contributed by atoms with E-state index in [9.17, 15) is 13.6 Å². The Morgan fingerprint density at radius 2 is 2.21 bits per heavy atom. The Labute approximate surface area is 111 Å². The van der Waals surface area contributed by atoms with Gasteiger partial charge in [-0.1, -0.05) is 0 Å². The second kappa shape index (κ2) is 4.38. The van der Waals surface area contributed by atoms with E-state index in [1.807, 2.05) is 0 Å². The van der Waals surface area contributed by atoms with Crippen molar-refractivity contribution in [2.75, 3.05) is 40.0 Å². The molecule has 0 bridgehead atoms. The molecule has 0 radical (unpaired) electrons. The zero-order valence-corrected chi connectivity index (χ0v) is 11.0. The first-order valence-corrected chi connectivity index (χ1v) is 6.69. The number of hydrogen-bond acceptors (Lipinski definition) is 3. The normalized spacial score (nSPS) is 37.2. The van der Waals surface area contributed by atoms with Crippen molar-refractivity contribution in [3.05, 3.63) is 0 Å². The molecule has 0 unspecified atom stereocenters. The van der Waals surface area contributed by atoms with Crippen molar-refractivity contribution in [3.8, 4) is 0 Å². The van der Waals surface area contributed by atoms with Crippen LogP contribution in [0.2, 0.25) is 0 Å². The van der Waals surface area contributed by atoms with Gasteiger partial charge in [-0.25, -0.2) is 8.78 Å². The summed E-state index contributed by atoms with van der Waals surface area (Å²) in [5.74, 6) is -2.97. The van der Waals surface area contributed by atoms with Crippen LogP contribution < -0.4 is 0 Å². The summed E-state index contributed by atoms with van der Waals surface area (Å²) in [5, 5.41) is 0. The molecular weight excluding hydrogens is 256 g/mol. The van der Waals surface area contributed by atoms with Crippen LogP contribution in [0.25, 0.3) is 0 Å². The molecule has 0 N–H and O–H groups in total. The van der Waals surface area contributed by atoms with Crippen LogP contribution in [0, 0.1) is 17.3 Å². The van der Waals surface area contributed by atoms with Crippen LogP contribution in [-0.2, 0) is 14.3 Å². The van der Waals surface area contributed by atoms with E-state index in [1.54, 1.807) is 12.0 Å². The summed E-state index contributed by atoms with van der Waals surface area (Å²) in [5.41, 5.74) is -0.128. The summed E-state index contributed by atoms with van der Waals surface area (Å²) in [7, 11) is 1.64. The van der Waals surface area contributed by atoms with E-state index in [4.69, 9.17) is 9.47 Å². The minimum Gasteiger partial charge on any atom is -0.384 e. The number of carbonyl (C=O) groups is 1. The molecule has 1 saturated carbocycles. The largest absolute Gasteiger partial charge is 0.384 e. The molecular formula is C13H19F2NO3. The maximum atomic E-state index is 12.9. The number of hydrogen-bond donors (Lipinski definition) is 0. The summed E-state index contributed by atoms with van der Waals surface area (Å²) >= 11 is 0. The van der Waals surface area contributed by atoms with Crippen LogP contribution in [0.1, 0.15) is 12.8 Å². The molecule has 0 spiro atoms. The predicted octanol–water partition coefficient (Wildman–Crippen LogP) is 1.15. The maximum absolute atomic E-state index is 12.9. The monoisotopic (exact) mass is 275 g/mol. The van der Waals surface area contributed by atoms with E-state index < -0.39 is 11.8 Å². The fourth-order valence-electron chi connectivity index (χ4n) is 3.59. The molecule has 2 saturated heterocycles. The van der Waals surface area contributed by atoms with Crippen molar-refractivity contribution < 1.29 is 23.0 Å². The first-order chi connectivity index (χ1) is 8.96. The Bertz CT molecular complexity index is 382. The fourth-order valence-corrected chi connectivity index (χ4v) is 3.59. The van der Waals surface area contributed by atoms with E-state index in [0.29, 0.717) is 32.9 Å². The lowest BCUT2D eigenvalue weighted by Crippen LogP contribution is -2.47. The van der Waals surface area contributed by atoms with Gasteiger partial charge in [-0.05, 0) is 0 Å². The SMILES string of the molecule is COC[C@@]12COC[C@@H]1CN(C(=O)C1CC(F)(F)C1)C2. The van der Waals surface area contributed by atoms with Gasteiger partial charge in [-0.15, -0.1) is 0 Å². The molecule has 0 aromatic carbocycles. The lowest BCUT2D eigenvalue weighted by Gasteiger charge is -2.36. The minimum atomic E-state index is -2.64. The average molecular weight is 275 g/mol. The van der Waals surface area contributed by atoms with Gasteiger partial charge in [-0.2, -0.15) is 0 Å². The predicted molar refractivity (Wildman–Crippen MR) is 62.9 cm³/mol. The van der Waals surface area contributed by atoms with Crippen LogP contribution in [0.5, 0.6) is 0 Å². The summed E-state index contributed by atoms with van der Waals surface area (Å²) in [6.07, 6.45) is -0.582. The number of amides is 1. The number of nitrogens with zero attached hydrogens (tertiary/aromatic N) is 1. The molecule has 1 aliphatic carbocycles. The number of halogens is 2. The highest BCUT2D eigenvalue weighted by molar-refractivity contribution is 5.80. The number of carbonyl (C=O) groups excluding carboxylic acids is 1. The molecule has 0 aromatic rings. The Morgan fingerprint density at radius 3 is 2.84 bits per heavy atom. The fraction of sp³-hybridized carbons (Fsp3) is 0.923. The van der Waals surface area contributed by atoms with Crippen LogP contribution in [0.15, 0.2) is 0 Å². The van der Waals surface area contributed by atoms with Crippen LogP contribution >= 0.6 is 0 Å². The standard InChI is InChI=1S/C13H19F2NO3/c1-18-7-12-6-16(4-10(12)5-19-8-12)11(17)9-2-13(14,15)3-9/h9-10H,2-8H2,1H3/t10-,12-/m0/s1. The molecule has 3 rings (SSSR count). The third-order valence-electron chi connectivity index (χ3n) is 4.70. The van der Waals surface area contributed by atoms with Crippen molar-refractivity contribution in [1.29, 1.82) is 0 Å². The van der Waals surface area contributed by atoms with Gasteiger partial charge in [-0.3, -0.25) is 4.79 Å². The van der Waals surface area contributed by atoms with Crippen LogP contribution in [-0.4, -0.2) is 56.7 Å². The molecule has 4 nitrogen and oxygen atoms in total. The van der Waals surface area contributed by atoms with Gasteiger partial charge in [0, 0.05) is 50.3 Å². The highest BCUT2D eigenvalue weighted by atomic mass is 19.3. The van der Waals surface area contributed by atoms with Crippen molar-refractivity contribution >= 4 is 5.91 Å². The Hall–Kier alpha value is -0.750. The zero-order chi connectivity index (χ0) is 13.7. The Kier molecular flexibility index (Phi) is 3.05. The first-order valence-electron chi connectivity index (χ1n) is 6.69. The van der Waals surface area contributed by atoms with Gasteiger partial charge in [0.25, 0.3) is 0 Å². The minimum absolute atomic E-state index is 0.115. The van der Waals surface area contributed by atoms with E-state index >= 15 is 0 Å². The Morgan fingerprint density at radius 1 is 1.47 bits per heavy atom. The third kappa shape index (κ3) is 2.14. The highest BCUT2D eigenvalue weighted by Crippen LogP contribution is 2.46. The molecule has 0 aromatic heterocycles. The lowest BCUT2D eigenvalue weighted by molar-refractivity contribution is -0.159. The van der Waals surface area contributed by atoms with E-state index in [-0.39, 0.29) is 30.1 Å². The molecule has 3 aliphatic rings. The molecule has 108 valence electrons. The number of fused-ring (bicyclic) bond motifs is 1. The number of rotatable bonds is 3. The summed E-state index contributed by atoms with van der Waals surface area (Å²) in [6, 6.07) is 0. The smallest absolute Gasteiger partial charge is 0.249 e. The number of alkyl halides is 2. The molecule has 6 heteroatoms. The summed E-state index contributed by atoms with van der Waals surface area (Å²) in [4.78, 5) is 13.9. The number of methoxy groups -OCH3 is 1. The van der Waals surface area contributed by atoms with Gasteiger partial charge in [0.2, 0.25) is 11.8 Å². The first kappa shape index (κ1) is 13.2. The quantitative estimate of drug-likeness (QED) is 0.775. The van der Waals surface area contributed by atoms with Crippen molar-refractivity contribution in [3.63, 3.8) is 0 Å². The number of likely N-dealkylation sites (tertiary alicyclic amines) is 1. The van der Waals surface area contributed by atoms with Crippen LogP contribution in [0.3, 0.4) is 0 Å².